The zero-order chi connectivity index (χ0) is 23.6. The van der Waals surface area contributed by atoms with Crippen molar-refractivity contribution in [2.75, 3.05) is 34.7 Å². The maximum Gasteiger partial charge on any atom is 0.133 e. The van der Waals surface area contributed by atoms with Gasteiger partial charge in [0, 0.05) is 25.7 Å². The summed E-state index contributed by atoms with van der Waals surface area (Å²) in [6.45, 7) is 3.24. The molecule has 0 bridgehead atoms. The van der Waals surface area contributed by atoms with Gasteiger partial charge < -0.3 is 27.2 Å². The highest BCUT2D eigenvalue weighted by Crippen LogP contribution is 2.43. The molecule has 0 heterocycles. The van der Waals surface area contributed by atoms with Crippen LogP contribution in [0.5, 0.6) is 0 Å². The number of nitrogens with two attached hydrogens (primary N) is 1. The van der Waals surface area contributed by atoms with E-state index >= 15 is 0 Å². The van der Waals surface area contributed by atoms with Gasteiger partial charge in [0.1, 0.15) is 11.6 Å². The number of hydrogen-bond acceptors (Lipinski definition) is 3. The summed E-state index contributed by atoms with van der Waals surface area (Å²) in [5, 5.41) is 0. The van der Waals surface area contributed by atoms with E-state index in [2.05, 4.69) is 26.9 Å². The van der Waals surface area contributed by atoms with Crippen LogP contribution in [-0.4, -0.2) is 50.8 Å². The Bertz CT molecular complexity index is 469. The minimum absolute atomic E-state index is 0. The van der Waals surface area contributed by atoms with E-state index in [4.69, 9.17) is 0 Å². The Kier molecular flexibility index (Phi) is 21.3. The Morgan fingerprint density at radius 1 is 0.750 bits per heavy atom. The van der Waals surface area contributed by atoms with Crippen molar-refractivity contribution in [2.24, 2.45) is 11.1 Å². The lowest BCUT2D eigenvalue weighted by Gasteiger charge is -2.37. The molecular weight excluding hydrogens is 464 g/mol. The second kappa shape index (κ2) is 20.1. The third kappa shape index (κ3) is 18.2. The van der Waals surface area contributed by atoms with E-state index in [0.717, 1.165) is 36.6 Å². The van der Waals surface area contributed by atoms with E-state index in [0.29, 0.717) is 30.8 Å². The molecule has 0 spiro atoms. The van der Waals surface area contributed by atoms with Gasteiger partial charge >= 0.3 is 0 Å². The average Bonchev–Trinajstić information content (AvgIpc) is 2.75. The summed E-state index contributed by atoms with van der Waals surface area (Å²) in [7, 11) is 8.29. The van der Waals surface area contributed by atoms with Crippen molar-refractivity contribution in [3.8, 4) is 0 Å². The molecule has 5 heteroatoms. The van der Waals surface area contributed by atoms with Gasteiger partial charge in [-0.25, -0.2) is 0 Å². The quantitative estimate of drug-likeness (QED) is 0.237. The number of quaternary nitrogens is 1. The van der Waals surface area contributed by atoms with E-state index in [9.17, 15) is 9.59 Å². The molecule has 0 aliphatic heterocycles. The van der Waals surface area contributed by atoms with Gasteiger partial charge in [0.15, 0.2) is 0 Å². The lowest BCUT2D eigenvalue weighted by molar-refractivity contribution is -0.870. The van der Waals surface area contributed by atoms with Gasteiger partial charge in [-0.3, -0.25) is 9.59 Å². The van der Waals surface area contributed by atoms with Gasteiger partial charge in [-0.15, -0.1) is 0 Å². The topological polar surface area (TPSA) is 60.2 Å². The van der Waals surface area contributed by atoms with E-state index in [-0.39, 0.29) is 22.4 Å². The molecule has 1 saturated carbocycles. The van der Waals surface area contributed by atoms with Crippen molar-refractivity contribution in [3.63, 3.8) is 0 Å². The van der Waals surface area contributed by atoms with E-state index in [1.807, 2.05) is 6.92 Å². The number of unbranched alkanes of at least 4 members (excludes halogenated alkanes) is 7. The molecule has 0 amide bonds. The lowest BCUT2D eigenvalue weighted by atomic mass is 9.68. The fourth-order valence-corrected chi connectivity index (χ4v) is 4.86. The highest BCUT2D eigenvalue weighted by Gasteiger charge is 2.33. The molecular formula is C27H55BrN2O2. The van der Waals surface area contributed by atoms with Gasteiger partial charge in [0.25, 0.3) is 0 Å². The fraction of sp³-hybridized carbons (Fsp3) is 0.926. The lowest BCUT2D eigenvalue weighted by Crippen LogP contribution is -3.00. The predicted molar refractivity (Wildman–Crippen MR) is 134 cm³/mol. The van der Waals surface area contributed by atoms with Crippen molar-refractivity contribution in [2.45, 2.75) is 122 Å². The third-order valence-electron chi connectivity index (χ3n) is 6.85. The Hall–Kier alpha value is -0.260. The summed E-state index contributed by atoms with van der Waals surface area (Å²) in [6, 6.07) is 0. The van der Waals surface area contributed by atoms with Crippen LogP contribution in [0.2, 0.25) is 0 Å². The average molecular weight is 520 g/mol. The van der Waals surface area contributed by atoms with Crippen molar-refractivity contribution in [1.82, 2.24) is 0 Å². The molecule has 1 aliphatic carbocycles. The Morgan fingerprint density at radius 3 is 1.75 bits per heavy atom. The molecule has 2 N–H and O–H groups in total. The molecule has 0 atom stereocenters. The van der Waals surface area contributed by atoms with Gasteiger partial charge in [-0.05, 0) is 51.0 Å². The number of carbonyl (C=O) groups excluding carboxylic acids is 2. The molecule has 0 unspecified atom stereocenters. The monoisotopic (exact) mass is 518 g/mol. The molecule has 192 valence electrons. The third-order valence-corrected chi connectivity index (χ3v) is 6.85. The molecule has 4 nitrogen and oxygen atoms in total. The normalized spacial score (nSPS) is 15.3. The first kappa shape index (κ1) is 33.9. The number of Topliss-reactive ketones (excluding diaryl/α,β-unsaturated/α-hetero) is 2. The largest absolute Gasteiger partial charge is 1.00 e. The first-order chi connectivity index (χ1) is 14.8. The summed E-state index contributed by atoms with van der Waals surface area (Å²) >= 11 is 0. The van der Waals surface area contributed by atoms with Crippen molar-refractivity contribution in [1.29, 1.82) is 0 Å². The van der Waals surface area contributed by atoms with Gasteiger partial charge in [-0.1, -0.05) is 58.3 Å². The first-order valence-electron chi connectivity index (χ1n) is 13.2. The summed E-state index contributed by atoms with van der Waals surface area (Å²) in [6.07, 6.45) is 20.1. The van der Waals surface area contributed by atoms with E-state index in [1.165, 1.54) is 77.8 Å². The highest BCUT2D eigenvalue weighted by molar-refractivity contribution is 5.80. The minimum atomic E-state index is 0. The number of hydrogen-bond donors (Lipinski definition) is 1. The number of halogens is 1. The number of rotatable bonds is 17. The first-order valence-corrected chi connectivity index (χ1v) is 13.2. The molecule has 0 saturated heterocycles. The van der Waals surface area contributed by atoms with Crippen molar-refractivity contribution >= 4 is 11.6 Å². The molecule has 0 aromatic heterocycles. The van der Waals surface area contributed by atoms with Crippen LogP contribution in [-0.2, 0) is 9.59 Å². The van der Waals surface area contributed by atoms with E-state index < -0.39 is 0 Å². The van der Waals surface area contributed by atoms with Crippen molar-refractivity contribution < 1.29 is 31.1 Å². The number of carbonyl (C=O) groups is 2. The smallest absolute Gasteiger partial charge is 0.133 e. The maximum absolute atomic E-state index is 12.4. The van der Waals surface area contributed by atoms with Gasteiger partial charge in [-0.2, -0.15) is 0 Å². The zero-order valence-corrected chi connectivity index (χ0v) is 23.7. The van der Waals surface area contributed by atoms with Crippen LogP contribution in [0.15, 0.2) is 0 Å². The summed E-state index contributed by atoms with van der Waals surface area (Å²) in [4.78, 5) is 24.4. The maximum atomic E-state index is 12.4. The Balaban J connectivity index is 0. The molecule has 0 radical (unpaired) electrons. The molecule has 1 fully saturated rings. The molecule has 0 aromatic rings. The predicted octanol–water partition coefficient (Wildman–Crippen LogP) is 3.45. The second-order valence-electron chi connectivity index (χ2n) is 10.8. The SMILES string of the molecule is CCC(=O)CC1(CCC(=O)CCCCCCCCCC[N+](C)(C)C)CCCCC1.CN.[Br-]. The van der Waals surface area contributed by atoms with Crippen molar-refractivity contribution in [3.05, 3.63) is 0 Å². The summed E-state index contributed by atoms with van der Waals surface area (Å²) < 4.78 is 1.07. The van der Waals surface area contributed by atoms with Crippen LogP contribution >= 0.6 is 0 Å². The Morgan fingerprint density at radius 2 is 1.25 bits per heavy atom. The molecule has 32 heavy (non-hydrogen) atoms. The highest BCUT2D eigenvalue weighted by atomic mass is 79.9. The molecule has 1 rings (SSSR count). The van der Waals surface area contributed by atoms with Crippen LogP contribution < -0.4 is 22.7 Å². The number of ketones is 2. The van der Waals surface area contributed by atoms with Gasteiger partial charge in [0.2, 0.25) is 0 Å². The fourth-order valence-electron chi connectivity index (χ4n) is 4.86. The standard InChI is InChI=1S/C26H50NO2.CH5N.BrH/c1-5-24(28)23-26(19-14-12-15-20-26)21-18-25(29)17-13-10-8-6-7-9-11-16-22-27(2,3)4;1-2;/h5-23H2,1-4H3;2H2,1H3;1H/q+1;;/p-1. The molecule has 1 aliphatic rings. The summed E-state index contributed by atoms with van der Waals surface area (Å²) in [5.41, 5.74) is 4.65. The van der Waals surface area contributed by atoms with Crippen LogP contribution in [0.4, 0.5) is 0 Å². The van der Waals surface area contributed by atoms with Crippen LogP contribution in [0, 0.1) is 5.41 Å². The zero-order valence-electron chi connectivity index (χ0n) is 22.2. The van der Waals surface area contributed by atoms with E-state index in [1.54, 1.807) is 0 Å². The second-order valence-corrected chi connectivity index (χ2v) is 10.8. The number of nitrogens with zero attached hydrogens (tertiary/aromatic N) is 1. The van der Waals surface area contributed by atoms with Gasteiger partial charge in [0.05, 0.1) is 27.7 Å². The van der Waals surface area contributed by atoms with Crippen LogP contribution in [0.25, 0.3) is 0 Å². The Labute approximate surface area is 210 Å². The van der Waals surface area contributed by atoms with Crippen LogP contribution in [0.3, 0.4) is 0 Å². The summed E-state index contributed by atoms with van der Waals surface area (Å²) in [5.74, 6) is 0.816. The van der Waals surface area contributed by atoms with Crippen LogP contribution in [0.1, 0.15) is 122 Å². The molecule has 0 aromatic carbocycles. The minimum Gasteiger partial charge on any atom is -1.00 e.